The molecule has 0 aliphatic heterocycles. The minimum Gasteiger partial charge on any atom is -0.397 e. The number of nitrogens with zero attached hydrogens (tertiary/aromatic N) is 1. The topological polar surface area (TPSA) is 46.3 Å². The Labute approximate surface area is 134 Å². The van der Waals surface area contributed by atoms with Crippen molar-refractivity contribution in [2.24, 2.45) is 0 Å². The molecule has 110 valence electrons. The van der Waals surface area contributed by atoms with Crippen LogP contribution >= 0.6 is 23.2 Å². The van der Waals surface area contributed by atoms with E-state index in [9.17, 15) is 4.79 Å². The Morgan fingerprint density at radius 2 is 1.95 bits per heavy atom. The third kappa shape index (κ3) is 3.31. The summed E-state index contributed by atoms with van der Waals surface area (Å²) in [5, 5.41) is 0.548. The molecule has 0 aliphatic rings. The summed E-state index contributed by atoms with van der Waals surface area (Å²) in [4.78, 5) is 14.3. The normalized spacial score (nSPS) is 10.5. The summed E-state index contributed by atoms with van der Waals surface area (Å²) in [7, 11) is 0. The van der Waals surface area contributed by atoms with E-state index in [1.165, 1.54) is 0 Å². The standard InChI is InChI=1S/C16H16Cl2N2O/c1-3-20(12-6-4-5-10(2)7-12)16(21)11-8-13(17)15(18)14(19)9-11/h4-9H,3,19H2,1-2H3. The molecule has 0 saturated carbocycles. The summed E-state index contributed by atoms with van der Waals surface area (Å²) >= 11 is 11.9. The van der Waals surface area contributed by atoms with Gasteiger partial charge in [0.15, 0.2) is 0 Å². The number of aryl methyl sites for hydroxylation is 1. The molecule has 0 atom stereocenters. The number of anilines is 2. The maximum absolute atomic E-state index is 12.7. The Hall–Kier alpha value is -1.71. The minimum atomic E-state index is -0.159. The van der Waals surface area contributed by atoms with Crippen molar-refractivity contribution in [3.63, 3.8) is 0 Å². The Balaban J connectivity index is 2.41. The lowest BCUT2D eigenvalue weighted by Crippen LogP contribution is -2.30. The molecule has 1 amide bonds. The molecule has 2 aromatic carbocycles. The molecule has 0 spiro atoms. The maximum Gasteiger partial charge on any atom is 0.258 e. The third-order valence-corrected chi connectivity index (χ3v) is 3.99. The van der Waals surface area contributed by atoms with Gasteiger partial charge in [-0.1, -0.05) is 35.3 Å². The first-order valence-electron chi connectivity index (χ1n) is 6.57. The molecular formula is C16H16Cl2N2O. The van der Waals surface area contributed by atoms with Crippen molar-refractivity contribution < 1.29 is 4.79 Å². The number of nitrogens with two attached hydrogens (primary N) is 1. The number of nitrogen functional groups attached to an aromatic ring is 1. The lowest BCUT2D eigenvalue weighted by molar-refractivity contribution is 0.0988. The zero-order valence-electron chi connectivity index (χ0n) is 11.9. The molecule has 2 aromatic rings. The number of hydrogen-bond acceptors (Lipinski definition) is 2. The van der Waals surface area contributed by atoms with Crippen molar-refractivity contribution in [2.45, 2.75) is 13.8 Å². The molecule has 21 heavy (non-hydrogen) atoms. The van der Waals surface area contributed by atoms with Gasteiger partial charge < -0.3 is 10.6 Å². The van der Waals surface area contributed by atoms with E-state index in [2.05, 4.69) is 0 Å². The van der Waals surface area contributed by atoms with Gasteiger partial charge in [-0.05, 0) is 43.7 Å². The van der Waals surface area contributed by atoms with Gasteiger partial charge in [0.05, 0.1) is 15.7 Å². The molecule has 0 radical (unpaired) electrons. The Kier molecular flexibility index (Phi) is 4.76. The van der Waals surface area contributed by atoms with E-state index in [1.54, 1.807) is 17.0 Å². The van der Waals surface area contributed by atoms with Crippen LogP contribution in [0.1, 0.15) is 22.8 Å². The van der Waals surface area contributed by atoms with E-state index < -0.39 is 0 Å². The third-order valence-electron chi connectivity index (χ3n) is 3.18. The summed E-state index contributed by atoms with van der Waals surface area (Å²) in [6, 6.07) is 10.9. The highest BCUT2D eigenvalue weighted by Gasteiger charge is 2.18. The van der Waals surface area contributed by atoms with E-state index >= 15 is 0 Å². The average Bonchev–Trinajstić information content (AvgIpc) is 2.45. The average molecular weight is 323 g/mol. The lowest BCUT2D eigenvalue weighted by atomic mass is 10.1. The number of rotatable bonds is 3. The Morgan fingerprint density at radius 3 is 2.52 bits per heavy atom. The van der Waals surface area contributed by atoms with Crippen LogP contribution in [0.2, 0.25) is 10.0 Å². The molecule has 0 bridgehead atoms. The van der Waals surface area contributed by atoms with Crippen LogP contribution in [-0.4, -0.2) is 12.5 Å². The molecule has 2 N–H and O–H groups in total. The van der Waals surface area contributed by atoms with Crippen molar-refractivity contribution in [3.05, 3.63) is 57.6 Å². The second kappa shape index (κ2) is 6.37. The minimum absolute atomic E-state index is 0.159. The van der Waals surface area contributed by atoms with Crippen molar-refractivity contribution >= 4 is 40.5 Å². The summed E-state index contributed by atoms with van der Waals surface area (Å²) in [5.41, 5.74) is 8.43. The first-order valence-corrected chi connectivity index (χ1v) is 7.32. The predicted molar refractivity (Wildman–Crippen MR) is 89.4 cm³/mol. The molecule has 0 fully saturated rings. The molecule has 2 rings (SSSR count). The smallest absolute Gasteiger partial charge is 0.258 e. The van der Waals surface area contributed by atoms with Gasteiger partial charge in [0.25, 0.3) is 5.91 Å². The van der Waals surface area contributed by atoms with E-state index in [1.807, 2.05) is 38.1 Å². The first-order chi connectivity index (χ1) is 9.93. The number of benzene rings is 2. The summed E-state index contributed by atoms with van der Waals surface area (Å²) in [5.74, 6) is -0.159. The van der Waals surface area contributed by atoms with Gasteiger partial charge in [-0.2, -0.15) is 0 Å². The fourth-order valence-electron chi connectivity index (χ4n) is 2.13. The van der Waals surface area contributed by atoms with E-state index in [4.69, 9.17) is 28.9 Å². The highest BCUT2D eigenvalue weighted by molar-refractivity contribution is 6.44. The predicted octanol–water partition coefficient (Wildman–Crippen LogP) is 4.55. The van der Waals surface area contributed by atoms with E-state index in [0.29, 0.717) is 17.8 Å². The van der Waals surface area contributed by atoms with Crippen molar-refractivity contribution in [2.75, 3.05) is 17.2 Å². The summed E-state index contributed by atoms with van der Waals surface area (Å²) in [6.07, 6.45) is 0. The molecule has 0 unspecified atom stereocenters. The number of halogens is 2. The Morgan fingerprint density at radius 1 is 1.24 bits per heavy atom. The van der Waals surface area contributed by atoms with Gasteiger partial charge in [-0.15, -0.1) is 0 Å². The molecule has 0 saturated heterocycles. The van der Waals surface area contributed by atoms with Crippen LogP contribution in [0.15, 0.2) is 36.4 Å². The molecular weight excluding hydrogens is 307 g/mol. The van der Waals surface area contributed by atoms with Crippen LogP contribution in [0, 0.1) is 6.92 Å². The van der Waals surface area contributed by atoms with Gasteiger partial charge in [-0.25, -0.2) is 0 Å². The fourth-order valence-corrected chi connectivity index (χ4v) is 2.46. The van der Waals surface area contributed by atoms with Crippen molar-refractivity contribution in [3.8, 4) is 0 Å². The van der Waals surface area contributed by atoms with Crippen LogP contribution in [0.5, 0.6) is 0 Å². The van der Waals surface area contributed by atoms with E-state index in [-0.39, 0.29) is 16.0 Å². The fraction of sp³-hybridized carbons (Fsp3) is 0.188. The second-order valence-electron chi connectivity index (χ2n) is 4.75. The Bertz CT molecular complexity index is 663. The molecule has 3 nitrogen and oxygen atoms in total. The van der Waals surface area contributed by atoms with Crippen LogP contribution in [0.3, 0.4) is 0 Å². The summed E-state index contributed by atoms with van der Waals surface area (Å²) < 4.78 is 0. The monoisotopic (exact) mass is 322 g/mol. The SMILES string of the molecule is CCN(C(=O)c1cc(N)c(Cl)c(Cl)c1)c1cccc(C)c1. The maximum atomic E-state index is 12.7. The zero-order valence-corrected chi connectivity index (χ0v) is 13.4. The molecule has 0 aliphatic carbocycles. The van der Waals surface area contributed by atoms with Gasteiger partial charge in [0.1, 0.15) is 0 Å². The van der Waals surface area contributed by atoms with Crippen molar-refractivity contribution in [1.82, 2.24) is 0 Å². The first kappa shape index (κ1) is 15.7. The molecule has 0 aromatic heterocycles. The summed E-state index contributed by atoms with van der Waals surface area (Å²) in [6.45, 7) is 4.45. The zero-order chi connectivity index (χ0) is 15.6. The van der Waals surface area contributed by atoms with E-state index in [0.717, 1.165) is 11.3 Å². The van der Waals surface area contributed by atoms with Gasteiger partial charge in [0.2, 0.25) is 0 Å². The number of amides is 1. The highest BCUT2D eigenvalue weighted by atomic mass is 35.5. The van der Waals surface area contributed by atoms with Gasteiger partial charge in [0, 0.05) is 17.8 Å². The largest absolute Gasteiger partial charge is 0.397 e. The molecule has 0 heterocycles. The highest BCUT2D eigenvalue weighted by Crippen LogP contribution is 2.30. The van der Waals surface area contributed by atoms with Crippen LogP contribution in [0.25, 0.3) is 0 Å². The number of hydrogen-bond donors (Lipinski definition) is 1. The van der Waals surface area contributed by atoms with Gasteiger partial charge in [-0.3, -0.25) is 4.79 Å². The number of carbonyl (C=O) groups is 1. The molecule has 5 heteroatoms. The second-order valence-corrected chi connectivity index (χ2v) is 5.53. The van der Waals surface area contributed by atoms with Crippen LogP contribution in [-0.2, 0) is 0 Å². The van der Waals surface area contributed by atoms with Crippen molar-refractivity contribution in [1.29, 1.82) is 0 Å². The van der Waals surface area contributed by atoms with Crippen LogP contribution < -0.4 is 10.6 Å². The number of carbonyl (C=O) groups excluding carboxylic acids is 1. The lowest BCUT2D eigenvalue weighted by Gasteiger charge is -2.22. The van der Waals surface area contributed by atoms with Crippen LogP contribution in [0.4, 0.5) is 11.4 Å². The quantitative estimate of drug-likeness (QED) is 0.842. The van der Waals surface area contributed by atoms with Gasteiger partial charge >= 0.3 is 0 Å².